The molecule has 7 nitrogen and oxygen atoms in total. The second-order valence-electron chi connectivity index (χ2n) is 5.54. The number of nitrogens with zero attached hydrogens (tertiary/aromatic N) is 2. The fourth-order valence-corrected chi connectivity index (χ4v) is 2.63. The third-order valence-corrected chi connectivity index (χ3v) is 3.85. The van der Waals surface area contributed by atoms with E-state index in [1.54, 1.807) is 36.4 Å². The van der Waals surface area contributed by atoms with Crippen LogP contribution in [0.25, 0.3) is 10.8 Å². The topological polar surface area (TPSA) is 98.5 Å². The van der Waals surface area contributed by atoms with Crippen LogP contribution in [-0.4, -0.2) is 33.2 Å². The lowest BCUT2D eigenvalue weighted by atomic mass is 10.1. The van der Waals surface area contributed by atoms with E-state index in [-0.39, 0.29) is 28.8 Å². The van der Waals surface area contributed by atoms with Gasteiger partial charge in [0.25, 0.3) is 5.56 Å². The lowest BCUT2D eigenvalue weighted by Crippen LogP contribution is -2.29. The zero-order chi connectivity index (χ0) is 18.7. The van der Waals surface area contributed by atoms with Gasteiger partial charge in [-0.2, -0.15) is 5.10 Å². The highest BCUT2D eigenvalue weighted by molar-refractivity contribution is 6.01. The monoisotopic (exact) mass is 352 g/mol. The zero-order valence-electron chi connectivity index (χ0n) is 14.0. The maximum atomic E-state index is 12.5. The van der Waals surface area contributed by atoms with Crippen LogP contribution in [0.1, 0.15) is 27.8 Å². The second-order valence-corrected chi connectivity index (χ2v) is 5.54. The van der Waals surface area contributed by atoms with E-state index in [1.807, 2.05) is 6.92 Å². The molecule has 0 unspecified atom stereocenters. The number of aromatic carboxylic acids is 1. The van der Waals surface area contributed by atoms with Crippen molar-refractivity contribution in [2.24, 2.45) is 0 Å². The van der Waals surface area contributed by atoms with Crippen LogP contribution in [0.4, 0.5) is 0 Å². The lowest BCUT2D eigenvalue weighted by Gasteiger charge is -2.09. The fourth-order valence-electron chi connectivity index (χ4n) is 2.63. The second kappa shape index (κ2) is 7.18. The van der Waals surface area contributed by atoms with Crippen LogP contribution in [0.15, 0.2) is 53.3 Å². The Kier molecular flexibility index (Phi) is 4.79. The largest absolute Gasteiger partial charge is 0.494 e. The van der Waals surface area contributed by atoms with E-state index in [0.717, 1.165) is 4.68 Å². The van der Waals surface area contributed by atoms with Crippen molar-refractivity contribution in [3.8, 4) is 5.75 Å². The van der Waals surface area contributed by atoms with Gasteiger partial charge < -0.3 is 9.84 Å². The number of carboxylic acids is 1. The number of carbonyl (C=O) groups is 2. The van der Waals surface area contributed by atoms with Gasteiger partial charge in [0.1, 0.15) is 12.3 Å². The smallest absolute Gasteiger partial charge is 0.357 e. The molecule has 0 aliphatic rings. The van der Waals surface area contributed by atoms with E-state index >= 15 is 0 Å². The first-order valence-corrected chi connectivity index (χ1v) is 8.00. The number of rotatable bonds is 6. The minimum atomic E-state index is -1.26. The number of hydrogen-bond donors (Lipinski definition) is 1. The van der Waals surface area contributed by atoms with Gasteiger partial charge in [0.15, 0.2) is 11.5 Å². The molecule has 0 saturated carbocycles. The van der Waals surface area contributed by atoms with Crippen molar-refractivity contribution in [3.63, 3.8) is 0 Å². The minimum absolute atomic E-state index is 0.208. The maximum absolute atomic E-state index is 12.5. The predicted molar refractivity (Wildman–Crippen MR) is 94.9 cm³/mol. The van der Waals surface area contributed by atoms with E-state index < -0.39 is 11.5 Å². The number of fused-ring (bicyclic) bond motifs is 1. The molecule has 0 bridgehead atoms. The third kappa shape index (κ3) is 3.32. The predicted octanol–water partition coefficient (Wildman–Crippen LogP) is 2.38. The molecule has 0 aliphatic carbocycles. The third-order valence-electron chi connectivity index (χ3n) is 3.85. The van der Waals surface area contributed by atoms with Gasteiger partial charge in [0.05, 0.1) is 12.0 Å². The Morgan fingerprint density at radius 3 is 2.35 bits per heavy atom. The molecule has 7 heteroatoms. The quantitative estimate of drug-likeness (QED) is 0.684. The molecular formula is C19H16N2O5. The van der Waals surface area contributed by atoms with Gasteiger partial charge in [-0.25, -0.2) is 9.48 Å². The van der Waals surface area contributed by atoms with Gasteiger partial charge in [-0.1, -0.05) is 18.2 Å². The van der Waals surface area contributed by atoms with Crippen LogP contribution in [0.3, 0.4) is 0 Å². The Bertz CT molecular complexity index is 1040. The molecule has 1 N–H and O–H groups in total. The zero-order valence-corrected chi connectivity index (χ0v) is 14.0. The minimum Gasteiger partial charge on any atom is -0.494 e. The molecular weight excluding hydrogens is 336 g/mol. The standard InChI is InChI=1S/C19H16N2O5/c1-2-26-13-9-7-12(8-10-13)16(22)11-21-18(23)15-6-4-3-5-14(15)17(20-21)19(24)25/h3-10H,2,11H2,1H3,(H,24,25). The van der Waals surface area contributed by atoms with Crippen molar-refractivity contribution in [2.45, 2.75) is 13.5 Å². The van der Waals surface area contributed by atoms with Crippen molar-refractivity contribution in [2.75, 3.05) is 6.61 Å². The average molecular weight is 352 g/mol. The molecule has 132 valence electrons. The van der Waals surface area contributed by atoms with Crippen LogP contribution in [0, 0.1) is 0 Å². The molecule has 0 fully saturated rings. The molecule has 26 heavy (non-hydrogen) atoms. The van der Waals surface area contributed by atoms with Crippen LogP contribution < -0.4 is 10.3 Å². The first-order chi connectivity index (χ1) is 12.5. The van der Waals surface area contributed by atoms with E-state index in [0.29, 0.717) is 17.9 Å². The summed E-state index contributed by atoms with van der Waals surface area (Å²) >= 11 is 0. The Morgan fingerprint density at radius 2 is 1.73 bits per heavy atom. The van der Waals surface area contributed by atoms with Gasteiger partial charge in [-0.3, -0.25) is 9.59 Å². The van der Waals surface area contributed by atoms with E-state index in [2.05, 4.69) is 5.10 Å². The van der Waals surface area contributed by atoms with Crippen molar-refractivity contribution >= 4 is 22.5 Å². The first kappa shape index (κ1) is 17.3. The molecule has 3 rings (SSSR count). The van der Waals surface area contributed by atoms with Crippen molar-refractivity contribution in [1.82, 2.24) is 9.78 Å². The number of carboxylic acid groups (broad SMARTS) is 1. The highest BCUT2D eigenvalue weighted by Gasteiger charge is 2.17. The average Bonchev–Trinajstić information content (AvgIpc) is 2.64. The van der Waals surface area contributed by atoms with Crippen LogP contribution in [0.2, 0.25) is 0 Å². The van der Waals surface area contributed by atoms with Crippen LogP contribution in [-0.2, 0) is 6.54 Å². The number of carbonyl (C=O) groups excluding carboxylic acids is 1. The van der Waals surface area contributed by atoms with Crippen molar-refractivity contribution in [3.05, 3.63) is 70.1 Å². The summed E-state index contributed by atoms with van der Waals surface area (Å²) in [6.07, 6.45) is 0. The maximum Gasteiger partial charge on any atom is 0.357 e. The number of aromatic nitrogens is 2. The Balaban J connectivity index is 1.98. The Morgan fingerprint density at radius 1 is 1.08 bits per heavy atom. The highest BCUT2D eigenvalue weighted by Crippen LogP contribution is 2.15. The Labute approximate surface area is 148 Å². The molecule has 3 aromatic rings. The SMILES string of the molecule is CCOc1ccc(C(=O)Cn2nc(C(=O)O)c3ccccc3c2=O)cc1. The van der Waals surface area contributed by atoms with Crippen LogP contribution in [0.5, 0.6) is 5.75 Å². The molecule has 1 aromatic heterocycles. The number of ether oxygens (including phenoxy) is 1. The van der Waals surface area contributed by atoms with Gasteiger partial charge in [-0.05, 0) is 37.3 Å². The van der Waals surface area contributed by atoms with Crippen molar-refractivity contribution < 1.29 is 19.4 Å². The van der Waals surface area contributed by atoms with E-state index in [1.165, 1.54) is 12.1 Å². The number of hydrogen-bond acceptors (Lipinski definition) is 5. The molecule has 0 amide bonds. The molecule has 0 aliphatic heterocycles. The summed E-state index contributed by atoms with van der Waals surface area (Å²) in [4.78, 5) is 36.5. The lowest BCUT2D eigenvalue weighted by molar-refractivity contribution is 0.0688. The van der Waals surface area contributed by atoms with Crippen molar-refractivity contribution in [1.29, 1.82) is 0 Å². The summed E-state index contributed by atoms with van der Waals surface area (Å²) in [6.45, 7) is 2.02. The molecule has 0 saturated heterocycles. The van der Waals surface area contributed by atoms with Gasteiger partial charge in [0.2, 0.25) is 0 Å². The molecule has 0 atom stereocenters. The molecule has 1 heterocycles. The van der Waals surface area contributed by atoms with Gasteiger partial charge in [-0.15, -0.1) is 0 Å². The molecule has 0 radical (unpaired) electrons. The van der Waals surface area contributed by atoms with E-state index in [4.69, 9.17) is 4.74 Å². The number of ketones is 1. The molecule has 2 aromatic carbocycles. The summed E-state index contributed by atoms with van der Waals surface area (Å²) in [5.41, 5.74) is -0.392. The van der Waals surface area contributed by atoms with Crippen LogP contribution >= 0.6 is 0 Å². The summed E-state index contributed by atoms with van der Waals surface area (Å²) in [5, 5.41) is 13.7. The number of benzene rings is 2. The summed E-state index contributed by atoms with van der Waals surface area (Å²) < 4.78 is 6.22. The van der Waals surface area contributed by atoms with Gasteiger partial charge in [0, 0.05) is 10.9 Å². The normalized spacial score (nSPS) is 10.7. The summed E-state index contributed by atoms with van der Waals surface area (Å²) in [6, 6.07) is 12.8. The molecule has 0 spiro atoms. The Hall–Kier alpha value is -3.48. The fraction of sp³-hybridized carbons (Fsp3) is 0.158. The highest BCUT2D eigenvalue weighted by atomic mass is 16.5. The van der Waals surface area contributed by atoms with Gasteiger partial charge >= 0.3 is 5.97 Å². The number of Topliss-reactive ketones (excluding diaryl/α,β-unsaturated/α-hetero) is 1. The summed E-state index contributed by atoms with van der Waals surface area (Å²) in [5.74, 6) is -0.976. The first-order valence-electron chi connectivity index (χ1n) is 8.00. The van der Waals surface area contributed by atoms with E-state index in [9.17, 15) is 19.5 Å². The summed E-state index contributed by atoms with van der Waals surface area (Å²) in [7, 11) is 0.